The summed E-state index contributed by atoms with van der Waals surface area (Å²) < 4.78 is 0. The minimum absolute atomic E-state index is 0.0216. The molecule has 5 atom stereocenters. The van der Waals surface area contributed by atoms with E-state index in [4.69, 9.17) is 5.73 Å². The SMILES string of the molecule is CN1CCN(C(=O)[C@@H](NC(=O)NC(C(=O)N2C[C@@H](C(C)(C)C3(C)CCC3)C[C@H]2C(=O)NC(CC2CCC2)C(=O)C(N)=O)C(C)(C)C)C(C)(C)C)CC12CC2. The third kappa shape index (κ3) is 8.45. The third-order valence-electron chi connectivity index (χ3n) is 14.5. The minimum atomic E-state index is -1.09. The molecule has 5 aliphatic rings. The maximum absolute atomic E-state index is 14.9. The third-order valence-corrected chi connectivity index (χ3v) is 14.5. The molecule has 1 spiro atoms. The molecule has 3 aliphatic carbocycles. The van der Waals surface area contributed by atoms with Crippen LogP contribution in [0.25, 0.3) is 0 Å². The van der Waals surface area contributed by atoms with Crippen LogP contribution < -0.4 is 21.7 Å². The predicted octanol–water partition coefficient (Wildman–Crippen LogP) is 3.58. The maximum Gasteiger partial charge on any atom is 0.316 e. The van der Waals surface area contributed by atoms with E-state index in [0.29, 0.717) is 32.5 Å². The Balaban J connectivity index is 1.38. The molecule has 0 aromatic rings. The second-order valence-corrected chi connectivity index (χ2v) is 20.5. The number of urea groups is 1. The Hall–Kier alpha value is -3.22. The van der Waals surface area contributed by atoms with E-state index in [1.165, 1.54) is 0 Å². The van der Waals surface area contributed by atoms with Gasteiger partial charge in [-0.15, -0.1) is 0 Å². The molecule has 6 amide bonds. The topological polar surface area (TPSA) is 174 Å². The van der Waals surface area contributed by atoms with Gasteiger partial charge in [0.05, 0.1) is 6.04 Å². The van der Waals surface area contributed by atoms with Crippen molar-refractivity contribution in [1.29, 1.82) is 0 Å². The van der Waals surface area contributed by atoms with Crippen LogP contribution in [-0.4, -0.2) is 113 Å². The van der Waals surface area contributed by atoms with E-state index in [9.17, 15) is 28.8 Å². The van der Waals surface area contributed by atoms with Gasteiger partial charge in [-0.3, -0.25) is 28.9 Å². The summed E-state index contributed by atoms with van der Waals surface area (Å²) >= 11 is 0. The van der Waals surface area contributed by atoms with Gasteiger partial charge in [-0.25, -0.2) is 4.79 Å². The van der Waals surface area contributed by atoms with Gasteiger partial charge >= 0.3 is 6.03 Å². The zero-order chi connectivity index (χ0) is 40.2. The van der Waals surface area contributed by atoms with E-state index in [1.807, 2.05) is 46.4 Å². The fourth-order valence-corrected chi connectivity index (χ4v) is 9.31. The number of Topliss-reactive ketones (excluding diaryl/α,β-unsaturated/α-hetero) is 1. The fourth-order valence-electron chi connectivity index (χ4n) is 9.31. The summed E-state index contributed by atoms with van der Waals surface area (Å²) in [6.07, 6.45) is 8.94. The van der Waals surface area contributed by atoms with Gasteiger partial charge in [-0.05, 0) is 79.1 Å². The molecule has 5 fully saturated rings. The molecule has 0 aromatic carbocycles. The van der Waals surface area contributed by atoms with Crippen LogP contribution in [0.15, 0.2) is 0 Å². The predicted molar refractivity (Wildman–Crippen MR) is 207 cm³/mol. The smallest absolute Gasteiger partial charge is 0.316 e. The number of likely N-dealkylation sites (tertiary alicyclic amines) is 1. The highest BCUT2D eigenvalue weighted by molar-refractivity contribution is 6.37. The Morgan fingerprint density at radius 2 is 1.37 bits per heavy atom. The van der Waals surface area contributed by atoms with E-state index in [1.54, 1.807) is 4.90 Å². The molecule has 0 bridgehead atoms. The molecule has 13 nitrogen and oxygen atoms in total. The molecule has 2 aliphatic heterocycles. The summed E-state index contributed by atoms with van der Waals surface area (Å²) in [6, 6.07) is -4.47. The largest absolute Gasteiger partial charge is 0.363 e. The number of nitrogens with zero attached hydrogens (tertiary/aromatic N) is 3. The van der Waals surface area contributed by atoms with Crippen LogP contribution in [-0.2, 0) is 24.0 Å². The maximum atomic E-state index is 14.9. The van der Waals surface area contributed by atoms with Crippen molar-refractivity contribution in [1.82, 2.24) is 30.7 Å². The van der Waals surface area contributed by atoms with E-state index in [2.05, 4.69) is 48.7 Å². The first-order chi connectivity index (χ1) is 24.9. The van der Waals surface area contributed by atoms with Crippen LogP contribution in [0.3, 0.4) is 0 Å². The lowest BCUT2D eigenvalue weighted by Crippen LogP contribution is -2.64. The number of nitrogens with one attached hydrogen (secondary N) is 3. The summed E-state index contributed by atoms with van der Waals surface area (Å²) in [4.78, 5) is 87.9. The van der Waals surface area contributed by atoms with Gasteiger partial charge in [-0.2, -0.15) is 0 Å². The number of carbonyl (C=O) groups excluding carboxylic acids is 6. The lowest BCUT2D eigenvalue weighted by atomic mass is 9.51. The molecule has 2 heterocycles. The summed E-state index contributed by atoms with van der Waals surface area (Å²) in [6.45, 7) is 20.4. The summed E-state index contributed by atoms with van der Waals surface area (Å²) in [5.74, 6) is -2.77. The van der Waals surface area contributed by atoms with Crippen LogP contribution in [0.2, 0.25) is 0 Å². The van der Waals surface area contributed by atoms with Crippen LogP contribution >= 0.6 is 0 Å². The number of hydrogen-bond acceptors (Lipinski definition) is 7. The summed E-state index contributed by atoms with van der Waals surface area (Å²) in [5, 5.41) is 8.75. The number of nitrogens with two attached hydrogens (primary N) is 1. The van der Waals surface area contributed by atoms with Crippen molar-refractivity contribution in [3.8, 4) is 0 Å². The number of amides is 6. The van der Waals surface area contributed by atoms with Gasteiger partial charge in [0.2, 0.25) is 23.5 Å². The Morgan fingerprint density at radius 1 is 0.796 bits per heavy atom. The molecule has 0 aromatic heterocycles. The van der Waals surface area contributed by atoms with Crippen LogP contribution in [0.1, 0.15) is 127 Å². The number of carbonyl (C=O) groups is 6. The first kappa shape index (κ1) is 41.9. The first-order valence-corrected chi connectivity index (χ1v) is 20.4. The van der Waals surface area contributed by atoms with Gasteiger partial charge in [0.1, 0.15) is 18.1 Å². The molecule has 304 valence electrons. The minimum Gasteiger partial charge on any atom is -0.363 e. The molecule has 13 heteroatoms. The zero-order valence-electron chi connectivity index (χ0n) is 34.7. The standard InChI is InChI=1S/C41H69N7O6/c1-37(2,3)30(34(52)47-20-19-46(10)41(24-47)17-18-41)44-36(54)45-31(38(4,5)6)35(53)48-23-26(39(7,8)40(9)15-12-16-40)22-28(48)33(51)43-27(29(49)32(42)50)21-25-13-11-14-25/h25-28,30-31H,11-24H2,1-10H3,(H2,42,50)(H,43,51)(H2,44,45,54)/t26-,27?,28-,30+,31?/m0/s1. The Bertz CT molecular complexity index is 1480. The normalized spacial score (nSPS) is 25.8. The number of hydrogen-bond donors (Lipinski definition) is 4. The Morgan fingerprint density at radius 3 is 1.83 bits per heavy atom. The molecule has 3 saturated carbocycles. The van der Waals surface area contributed by atoms with Crippen molar-refractivity contribution in [2.75, 3.05) is 33.2 Å². The van der Waals surface area contributed by atoms with Gasteiger partial charge in [0.15, 0.2) is 0 Å². The van der Waals surface area contributed by atoms with Gasteiger partial charge < -0.3 is 31.5 Å². The van der Waals surface area contributed by atoms with Crippen molar-refractivity contribution in [3.05, 3.63) is 0 Å². The average Bonchev–Trinajstić information content (AvgIpc) is 3.66. The lowest BCUT2D eigenvalue weighted by Gasteiger charge is -2.54. The van der Waals surface area contributed by atoms with Crippen LogP contribution in [0, 0.1) is 33.5 Å². The van der Waals surface area contributed by atoms with Crippen LogP contribution in [0.4, 0.5) is 4.79 Å². The molecule has 5 N–H and O–H groups in total. The Labute approximate surface area is 323 Å². The van der Waals surface area contributed by atoms with Crippen molar-refractivity contribution in [2.45, 2.75) is 156 Å². The Kier molecular flexibility index (Phi) is 11.7. The zero-order valence-corrected chi connectivity index (χ0v) is 34.7. The first-order valence-electron chi connectivity index (χ1n) is 20.4. The number of primary amides is 1. The second-order valence-electron chi connectivity index (χ2n) is 20.5. The number of likely N-dealkylation sites (N-methyl/N-ethyl adjacent to an activating group) is 1. The molecule has 2 saturated heterocycles. The van der Waals surface area contributed by atoms with Gasteiger partial charge in [0.25, 0.3) is 5.91 Å². The number of piperazine rings is 1. The van der Waals surface area contributed by atoms with Crippen LogP contribution in [0.5, 0.6) is 0 Å². The van der Waals surface area contributed by atoms with E-state index < -0.39 is 64.5 Å². The number of rotatable bonds is 12. The quantitative estimate of drug-likeness (QED) is 0.220. The molecule has 0 radical (unpaired) electrons. The second kappa shape index (κ2) is 15.0. The monoisotopic (exact) mass is 756 g/mol. The fraction of sp³-hybridized carbons (Fsp3) is 0.854. The molecule has 2 unspecified atom stereocenters. The average molecular weight is 756 g/mol. The highest BCUT2D eigenvalue weighted by atomic mass is 16.2. The van der Waals surface area contributed by atoms with Crippen molar-refractivity contribution in [2.24, 2.45) is 39.2 Å². The van der Waals surface area contributed by atoms with E-state index in [0.717, 1.165) is 57.9 Å². The summed E-state index contributed by atoms with van der Waals surface area (Å²) in [5.41, 5.74) is 3.91. The van der Waals surface area contributed by atoms with Gasteiger partial charge in [-0.1, -0.05) is 88.0 Å². The highest BCUT2D eigenvalue weighted by Crippen LogP contribution is 2.59. The molecule has 54 heavy (non-hydrogen) atoms. The van der Waals surface area contributed by atoms with E-state index >= 15 is 0 Å². The lowest BCUT2D eigenvalue weighted by molar-refractivity contribution is -0.143. The molecule has 5 rings (SSSR count). The van der Waals surface area contributed by atoms with Crippen molar-refractivity contribution in [3.63, 3.8) is 0 Å². The van der Waals surface area contributed by atoms with Crippen molar-refractivity contribution < 1.29 is 28.8 Å². The van der Waals surface area contributed by atoms with Crippen molar-refractivity contribution >= 4 is 35.4 Å². The molecular formula is C41H69N7O6. The number of ketones is 1. The summed E-state index contributed by atoms with van der Waals surface area (Å²) in [7, 11) is 2.10. The highest BCUT2D eigenvalue weighted by Gasteiger charge is 2.56. The van der Waals surface area contributed by atoms with Gasteiger partial charge in [0, 0.05) is 31.7 Å². The molecular weight excluding hydrogens is 686 g/mol. The van der Waals surface area contributed by atoms with E-state index in [-0.39, 0.29) is 34.1 Å².